The number of hydrogen-bond acceptors (Lipinski definition) is 6. The van der Waals surface area contributed by atoms with Crippen LogP contribution in [-0.2, 0) is 9.59 Å². The number of fused-ring (bicyclic) bond motifs is 1. The molecule has 118 valence electrons. The SMILES string of the molecule is C[C@@H](NC(=O)CCCCSc1ncnc2nc[nH]c12)C(=O)O. The number of hydrogen-bond donors (Lipinski definition) is 3. The summed E-state index contributed by atoms with van der Waals surface area (Å²) < 4.78 is 0. The van der Waals surface area contributed by atoms with Crippen LogP contribution in [0.15, 0.2) is 17.7 Å². The van der Waals surface area contributed by atoms with E-state index < -0.39 is 12.0 Å². The summed E-state index contributed by atoms with van der Waals surface area (Å²) >= 11 is 1.58. The summed E-state index contributed by atoms with van der Waals surface area (Å²) in [5, 5.41) is 12.0. The number of amides is 1. The molecule has 2 aromatic heterocycles. The van der Waals surface area contributed by atoms with Crippen LogP contribution in [0.2, 0.25) is 0 Å². The van der Waals surface area contributed by atoms with E-state index in [1.54, 1.807) is 18.1 Å². The molecule has 0 saturated heterocycles. The number of nitrogens with one attached hydrogen (secondary N) is 2. The molecule has 0 radical (unpaired) electrons. The second kappa shape index (κ2) is 7.74. The fourth-order valence-electron chi connectivity index (χ4n) is 1.78. The van der Waals surface area contributed by atoms with E-state index in [0.29, 0.717) is 18.5 Å². The Morgan fingerprint density at radius 1 is 1.36 bits per heavy atom. The first-order valence-electron chi connectivity index (χ1n) is 6.87. The number of nitrogens with zero attached hydrogens (tertiary/aromatic N) is 3. The second-order valence-corrected chi connectivity index (χ2v) is 5.80. The van der Waals surface area contributed by atoms with Crippen molar-refractivity contribution >= 4 is 34.8 Å². The number of aromatic nitrogens is 4. The number of H-pyrrole nitrogens is 1. The highest BCUT2D eigenvalue weighted by molar-refractivity contribution is 7.99. The number of aromatic amines is 1. The van der Waals surface area contributed by atoms with Gasteiger partial charge in [-0.2, -0.15) is 0 Å². The summed E-state index contributed by atoms with van der Waals surface area (Å²) in [5.74, 6) is -0.457. The molecule has 0 aliphatic heterocycles. The maximum absolute atomic E-state index is 11.5. The molecular formula is C13H17N5O3S. The first kappa shape index (κ1) is 16.2. The Morgan fingerprint density at radius 3 is 2.95 bits per heavy atom. The normalized spacial score (nSPS) is 12.2. The molecule has 2 aromatic rings. The van der Waals surface area contributed by atoms with Crippen molar-refractivity contribution in [2.75, 3.05) is 5.75 Å². The van der Waals surface area contributed by atoms with Gasteiger partial charge in [0.25, 0.3) is 0 Å². The summed E-state index contributed by atoms with van der Waals surface area (Å²) in [6, 6.07) is -0.850. The van der Waals surface area contributed by atoms with Crippen molar-refractivity contribution < 1.29 is 14.7 Å². The molecule has 0 aliphatic rings. The number of carboxylic acids is 1. The zero-order valence-corrected chi connectivity index (χ0v) is 12.9. The zero-order chi connectivity index (χ0) is 15.9. The predicted octanol–water partition coefficient (Wildman–Crippen LogP) is 1.20. The van der Waals surface area contributed by atoms with Gasteiger partial charge in [-0.25, -0.2) is 15.0 Å². The Bertz CT molecular complexity index is 660. The molecular weight excluding hydrogens is 306 g/mol. The van der Waals surface area contributed by atoms with Crippen LogP contribution in [0.25, 0.3) is 11.2 Å². The fraction of sp³-hybridized carbons (Fsp3) is 0.462. The second-order valence-electron chi connectivity index (χ2n) is 4.71. The third kappa shape index (κ3) is 4.42. The molecule has 8 nitrogen and oxygen atoms in total. The smallest absolute Gasteiger partial charge is 0.325 e. The van der Waals surface area contributed by atoms with Crippen molar-refractivity contribution in [1.82, 2.24) is 25.3 Å². The van der Waals surface area contributed by atoms with E-state index in [9.17, 15) is 9.59 Å². The number of unbranched alkanes of at least 4 members (excludes halogenated alkanes) is 1. The van der Waals surface area contributed by atoms with Crippen molar-refractivity contribution in [1.29, 1.82) is 0 Å². The summed E-state index contributed by atoms with van der Waals surface area (Å²) in [4.78, 5) is 37.5. The van der Waals surface area contributed by atoms with Gasteiger partial charge in [0.15, 0.2) is 5.65 Å². The van der Waals surface area contributed by atoms with Crippen molar-refractivity contribution in [2.24, 2.45) is 0 Å². The van der Waals surface area contributed by atoms with Crippen molar-refractivity contribution in [3.05, 3.63) is 12.7 Å². The molecule has 9 heteroatoms. The largest absolute Gasteiger partial charge is 0.480 e. The highest BCUT2D eigenvalue weighted by Crippen LogP contribution is 2.22. The molecule has 0 spiro atoms. The predicted molar refractivity (Wildman–Crippen MR) is 81.5 cm³/mol. The third-order valence-corrected chi connectivity index (χ3v) is 4.05. The highest BCUT2D eigenvalue weighted by Gasteiger charge is 2.13. The maximum atomic E-state index is 11.5. The van der Waals surface area contributed by atoms with E-state index in [1.165, 1.54) is 13.3 Å². The van der Waals surface area contributed by atoms with Gasteiger partial charge in [0.1, 0.15) is 22.9 Å². The molecule has 0 unspecified atom stereocenters. The lowest BCUT2D eigenvalue weighted by Crippen LogP contribution is -2.38. The van der Waals surface area contributed by atoms with Gasteiger partial charge in [-0.15, -0.1) is 11.8 Å². The third-order valence-electron chi connectivity index (χ3n) is 2.97. The molecule has 0 fully saturated rings. The highest BCUT2D eigenvalue weighted by atomic mass is 32.2. The number of carboxylic acid groups (broad SMARTS) is 1. The lowest BCUT2D eigenvalue weighted by Gasteiger charge is -2.08. The van der Waals surface area contributed by atoms with Crippen LogP contribution in [0.4, 0.5) is 0 Å². The van der Waals surface area contributed by atoms with Gasteiger partial charge in [0, 0.05) is 6.42 Å². The Balaban J connectivity index is 1.68. The standard InChI is InChI=1S/C13H17N5O3S/c1-8(13(20)21)18-9(19)4-2-3-5-22-12-10-11(15-6-14-10)16-7-17-12/h6-8H,2-5H2,1H3,(H,18,19)(H,20,21)(H,14,15,16,17)/t8-/m1/s1. The van der Waals surface area contributed by atoms with Gasteiger partial charge < -0.3 is 15.4 Å². The minimum absolute atomic E-state index is 0.238. The van der Waals surface area contributed by atoms with Crippen LogP contribution in [-0.4, -0.2) is 48.7 Å². The number of carbonyl (C=O) groups is 2. The molecule has 1 atom stereocenters. The number of imidazole rings is 1. The Hall–Kier alpha value is -2.16. The quantitative estimate of drug-likeness (QED) is 0.379. The summed E-state index contributed by atoms with van der Waals surface area (Å²) in [5.41, 5.74) is 1.46. The van der Waals surface area contributed by atoms with E-state index in [0.717, 1.165) is 22.7 Å². The number of rotatable bonds is 8. The van der Waals surface area contributed by atoms with Gasteiger partial charge in [-0.1, -0.05) is 0 Å². The molecule has 3 N–H and O–H groups in total. The lowest BCUT2D eigenvalue weighted by molar-refractivity contribution is -0.141. The van der Waals surface area contributed by atoms with Crippen LogP contribution in [0.5, 0.6) is 0 Å². The van der Waals surface area contributed by atoms with E-state index in [4.69, 9.17) is 5.11 Å². The minimum atomic E-state index is -1.03. The van der Waals surface area contributed by atoms with E-state index in [-0.39, 0.29) is 5.91 Å². The number of thioether (sulfide) groups is 1. The van der Waals surface area contributed by atoms with Gasteiger partial charge >= 0.3 is 5.97 Å². The monoisotopic (exact) mass is 323 g/mol. The molecule has 0 bridgehead atoms. The molecule has 22 heavy (non-hydrogen) atoms. The maximum Gasteiger partial charge on any atom is 0.325 e. The van der Waals surface area contributed by atoms with Crippen LogP contribution in [0.1, 0.15) is 26.2 Å². The summed E-state index contributed by atoms with van der Waals surface area (Å²) in [6.45, 7) is 1.45. The molecule has 0 aliphatic carbocycles. The number of aliphatic carboxylic acids is 1. The van der Waals surface area contributed by atoms with Crippen molar-refractivity contribution in [3.8, 4) is 0 Å². The molecule has 1 amide bonds. The van der Waals surface area contributed by atoms with Crippen LogP contribution in [0.3, 0.4) is 0 Å². The number of carbonyl (C=O) groups excluding carboxylic acids is 1. The van der Waals surface area contributed by atoms with Gasteiger partial charge in [-0.05, 0) is 25.5 Å². The molecule has 0 saturated carbocycles. The average molecular weight is 323 g/mol. The topological polar surface area (TPSA) is 121 Å². The van der Waals surface area contributed by atoms with E-state index in [2.05, 4.69) is 25.3 Å². The fourth-order valence-corrected chi connectivity index (χ4v) is 2.74. The zero-order valence-electron chi connectivity index (χ0n) is 12.1. The van der Waals surface area contributed by atoms with E-state index >= 15 is 0 Å². The molecule has 0 aromatic carbocycles. The van der Waals surface area contributed by atoms with Crippen molar-refractivity contribution in [3.63, 3.8) is 0 Å². The van der Waals surface area contributed by atoms with Crippen molar-refractivity contribution in [2.45, 2.75) is 37.3 Å². The Morgan fingerprint density at radius 2 is 2.18 bits per heavy atom. The first-order chi connectivity index (χ1) is 10.6. The lowest BCUT2D eigenvalue weighted by atomic mass is 10.2. The molecule has 2 rings (SSSR count). The Kier molecular flexibility index (Phi) is 5.70. The molecule has 2 heterocycles. The minimum Gasteiger partial charge on any atom is -0.480 e. The van der Waals surface area contributed by atoms with Crippen LogP contribution in [0, 0.1) is 0 Å². The van der Waals surface area contributed by atoms with E-state index in [1.807, 2.05) is 0 Å². The summed E-state index contributed by atoms with van der Waals surface area (Å²) in [6.07, 6.45) is 4.91. The van der Waals surface area contributed by atoms with Crippen LogP contribution < -0.4 is 5.32 Å². The average Bonchev–Trinajstić information content (AvgIpc) is 2.96. The van der Waals surface area contributed by atoms with Gasteiger partial charge in [-0.3, -0.25) is 9.59 Å². The summed E-state index contributed by atoms with van der Waals surface area (Å²) in [7, 11) is 0. The van der Waals surface area contributed by atoms with Gasteiger partial charge in [0.05, 0.1) is 6.33 Å². The Labute approximate surface area is 131 Å². The van der Waals surface area contributed by atoms with Crippen LogP contribution >= 0.6 is 11.8 Å². The first-order valence-corrected chi connectivity index (χ1v) is 7.85. The van der Waals surface area contributed by atoms with Gasteiger partial charge in [0.2, 0.25) is 5.91 Å².